The second-order valence-electron chi connectivity index (χ2n) is 7.69. The van der Waals surface area contributed by atoms with Gasteiger partial charge in [-0.3, -0.25) is 0 Å². The first-order valence-corrected chi connectivity index (χ1v) is 19.6. The van der Waals surface area contributed by atoms with Crippen LogP contribution in [0.15, 0.2) is 91.0 Å². The van der Waals surface area contributed by atoms with Gasteiger partial charge in [-0.1, -0.05) is 0 Å². The molecule has 0 atom stereocenters. The van der Waals surface area contributed by atoms with Crippen LogP contribution < -0.4 is 13.6 Å². The summed E-state index contributed by atoms with van der Waals surface area (Å²) in [6, 6.07) is 26.2. The molecule has 14 heteroatoms. The van der Waals surface area contributed by atoms with E-state index in [0.717, 1.165) is 0 Å². The summed E-state index contributed by atoms with van der Waals surface area (Å²) < 4.78 is 56.6. The van der Waals surface area contributed by atoms with Gasteiger partial charge >= 0.3 is 247 Å². The van der Waals surface area contributed by atoms with Gasteiger partial charge in [0.1, 0.15) is 0 Å². The van der Waals surface area contributed by atoms with Gasteiger partial charge in [0.15, 0.2) is 0 Å². The van der Waals surface area contributed by atoms with E-state index in [2.05, 4.69) is 0 Å². The molecule has 0 aromatic heterocycles. The van der Waals surface area contributed by atoms with Crippen LogP contribution in [0.1, 0.15) is 27.7 Å². The Morgan fingerprint density at radius 3 is 0.950 bits per heavy atom. The van der Waals surface area contributed by atoms with Crippen LogP contribution in [-0.2, 0) is 50.3 Å². The molecule has 0 spiro atoms. The van der Waals surface area contributed by atoms with Crippen molar-refractivity contribution in [3.05, 3.63) is 91.0 Å². The Balaban J connectivity index is 2.41. The molecule has 0 amide bonds. The first-order chi connectivity index (χ1) is 19.2. The number of para-hydroxylation sites is 3. The molecule has 0 saturated heterocycles. The Morgan fingerprint density at radius 1 is 0.475 bits per heavy atom. The van der Waals surface area contributed by atoms with Gasteiger partial charge in [-0.05, 0) is 0 Å². The Morgan fingerprint density at radius 2 is 0.725 bits per heavy atom. The monoisotopic (exact) mass is 648 g/mol. The third-order valence-corrected chi connectivity index (χ3v) is 14.6. The quantitative estimate of drug-likeness (QED) is 0.124. The summed E-state index contributed by atoms with van der Waals surface area (Å²) in [4.78, 5) is 0. The van der Waals surface area contributed by atoms with Gasteiger partial charge in [-0.2, -0.15) is 0 Å². The van der Waals surface area contributed by atoms with E-state index in [1.165, 1.54) is 0 Å². The molecule has 3 aromatic rings. The first-order valence-electron chi connectivity index (χ1n) is 12.7. The second-order valence-corrected chi connectivity index (χ2v) is 16.5. The fourth-order valence-electron chi connectivity index (χ4n) is 3.26. The fraction of sp³-hybridized carbons (Fsp3) is 0.308. The SMILES string of the molecule is CCOP(=S)(OCC)OP(Oc1ccccc1)(Oc1ccccc1)(Oc1ccccc1)OP(=S)(OCC)OCC. The maximum atomic E-state index is 6.62. The van der Waals surface area contributed by atoms with Crippen molar-refractivity contribution in [2.75, 3.05) is 26.4 Å². The summed E-state index contributed by atoms with van der Waals surface area (Å²) in [5, 5.41) is 0. The zero-order valence-electron chi connectivity index (χ0n) is 22.8. The molecule has 0 N–H and O–H groups in total. The van der Waals surface area contributed by atoms with E-state index in [-0.39, 0.29) is 43.7 Å². The van der Waals surface area contributed by atoms with Crippen molar-refractivity contribution in [2.45, 2.75) is 27.7 Å². The molecular weight excluding hydrogens is 613 g/mol. The Labute approximate surface area is 246 Å². The molecule has 3 rings (SSSR count). The topological polar surface area (TPSA) is 83.1 Å². The standard InChI is InChI=1S/C26H35O9P3S2/c1-5-27-36(39,28-6-2)34-38(31-24-18-12-9-13-19-24,32-25-20-14-10-15-21-25,33-26-22-16-11-17-23-26)35-37(40,29-7-3)30-8-4/h9-23H,5-8H2,1-4H3. The van der Waals surface area contributed by atoms with Gasteiger partial charge in [-0.25, -0.2) is 0 Å². The van der Waals surface area contributed by atoms with Crippen LogP contribution in [0, 0.1) is 0 Å². The maximum absolute atomic E-state index is 6.62. The van der Waals surface area contributed by atoms with Gasteiger partial charge in [0.25, 0.3) is 0 Å². The predicted octanol–water partition coefficient (Wildman–Crippen LogP) is 8.98. The summed E-state index contributed by atoms with van der Waals surface area (Å²) in [7, 11) is -5.63. The summed E-state index contributed by atoms with van der Waals surface area (Å²) >= 11 is 11.7. The molecule has 40 heavy (non-hydrogen) atoms. The third kappa shape index (κ3) is 9.28. The molecule has 0 saturated carbocycles. The van der Waals surface area contributed by atoms with Crippen LogP contribution in [0.25, 0.3) is 0 Å². The predicted molar refractivity (Wildman–Crippen MR) is 165 cm³/mol. The van der Waals surface area contributed by atoms with Crippen LogP contribution in [0.2, 0.25) is 0 Å². The zero-order chi connectivity index (χ0) is 29.0. The molecule has 0 heterocycles. The zero-order valence-corrected chi connectivity index (χ0v) is 27.1. The van der Waals surface area contributed by atoms with Gasteiger partial charge in [0.05, 0.1) is 0 Å². The van der Waals surface area contributed by atoms with Crippen molar-refractivity contribution in [1.29, 1.82) is 0 Å². The van der Waals surface area contributed by atoms with Crippen LogP contribution in [0.3, 0.4) is 0 Å². The molecule has 0 unspecified atom stereocenters. The molecule has 0 aliphatic heterocycles. The van der Waals surface area contributed by atoms with E-state index in [1.807, 2.05) is 18.2 Å². The normalized spacial score (nSPS) is 13.2. The van der Waals surface area contributed by atoms with E-state index in [9.17, 15) is 0 Å². The molecule has 9 nitrogen and oxygen atoms in total. The number of hydrogen-bond donors (Lipinski definition) is 0. The molecule has 0 fully saturated rings. The van der Waals surface area contributed by atoms with Crippen LogP contribution in [0.5, 0.6) is 17.2 Å². The van der Waals surface area contributed by atoms with Gasteiger partial charge in [0.2, 0.25) is 0 Å². The van der Waals surface area contributed by atoms with E-state index in [4.69, 9.17) is 63.9 Å². The number of hydrogen-bond acceptors (Lipinski definition) is 11. The Bertz CT molecular complexity index is 1110. The summed E-state index contributed by atoms with van der Waals surface area (Å²) in [5.74, 6) is 0.823. The minimum atomic E-state index is -5.63. The van der Waals surface area contributed by atoms with E-state index < -0.39 is 21.2 Å². The molecule has 220 valence electrons. The minimum absolute atomic E-state index is 0.164. The van der Waals surface area contributed by atoms with E-state index in [1.54, 1.807) is 100 Å². The van der Waals surface area contributed by atoms with Crippen molar-refractivity contribution in [2.24, 2.45) is 0 Å². The number of rotatable bonds is 18. The van der Waals surface area contributed by atoms with Crippen LogP contribution in [-0.4, -0.2) is 26.4 Å². The molecule has 0 bridgehead atoms. The van der Waals surface area contributed by atoms with Gasteiger partial charge in [-0.15, -0.1) is 0 Å². The molecule has 3 aromatic carbocycles. The summed E-state index contributed by atoms with van der Waals surface area (Å²) in [5.41, 5.74) is 0. The average molecular weight is 649 g/mol. The molecule has 0 radical (unpaired) electrons. The van der Waals surface area contributed by atoms with Crippen molar-refractivity contribution < 1.29 is 40.3 Å². The van der Waals surface area contributed by atoms with Crippen LogP contribution >= 0.6 is 21.2 Å². The summed E-state index contributed by atoms with van der Waals surface area (Å²) in [6.07, 6.45) is 0. The molecule has 0 aliphatic rings. The fourth-order valence-corrected chi connectivity index (χ4v) is 14.0. The van der Waals surface area contributed by atoms with Crippen molar-refractivity contribution in [3.63, 3.8) is 0 Å². The Hall–Kier alpha value is -1.45. The van der Waals surface area contributed by atoms with E-state index in [0.29, 0.717) is 0 Å². The van der Waals surface area contributed by atoms with E-state index >= 15 is 0 Å². The molecular formula is C26H35O9P3S2. The van der Waals surface area contributed by atoms with Gasteiger partial charge < -0.3 is 0 Å². The second kappa shape index (κ2) is 15.1. The van der Waals surface area contributed by atoms with Gasteiger partial charge in [0, 0.05) is 0 Å². The first kappa shape index (κ1) is 33.1. The van der Waals surface area contributed by atoms with Crippen molar-refractivity contribution in [3.8, 4) is 17.2 Å². The number of benzene rings is 3. The molecule has 0 aliphatic carbocycles. The van der Waals surface area contributed by atoms with Crippen LogP contribution in [0.4, 0.5) is 0 Å². The van der Waals surface area contributed by atoms with Crippen molar-refractivity contribution in [1.82, 2.24) is 0 Å². The Kier molecular flexibility index (Phi) is 12.5. The third-order valence-electron chi connectivity index (χ3n) is 4.61. The average Bonchev–Trinajstić information content (AvgIpc) is 2.90. The summed E-state index contributed by atoms with van der Waals surface area (Å²) in [6.45, 7) is 0.324. The van der Waals surface area contributed by atoms with Crippen molar-refractivity contribution >= 4 is 44.8 Å².